The molecule has 0 spiro atoms. The van der Waals surface area contributed by atoms with Gasteiger partial charge in [0.15, 0.2) is 5.96 Å². The van der Waals surface area contributed by atoms with Crippen LogP contribution >= 0.6 is 0 Å². The zero-order valence-corrected chi connectivity index (χ0v) is 15.8. The van der Waals surface area contributed by atoms with E-state index in [1.807, 2.05) is 24.1 Å². The van der Waals surface area contributed by atoms with Crippen LogP contribution in [0.1, 0.15) is 39.2 Å². The molecule has 2 N–H and O–H groups in total. The molecule has 1 aromatic rings. The van der Waals surface area contributed by atoms with Crippen molar-refractivity contribution in [1.29, 1.82) is 0 Å². The molecule has 0 aromatic carbocycles. The van der Waals surface area contributed by atoms with Crippen molar-refractivity contribution < 1.29 is 4.74 Å². The van der Waals surface area contributed by atoms with Gasteiger partial charge in [-0.2, -0.15) is 5.10 Å². The van der Waals surface area contributed by atoms with E-state index in [2.05, 4.69) is 48.4 Å². The molecule has 1 fully saturated rings. The average molecular weight is 335 g/mol. The second-order valence-corrected chi connectivity index (χ2v) is 7.72. The molecule has 0 aliphatic carbocycles. The molecule has 6 nitrogen and oxygen atoms in total. The highest BCUT2D eigenvalue weighted by Crippen LogP contribution is 2.33. The number of nitrogens with zero attached hydrogens (tertiary/aromatic N) is 3. The Labute approximate surface area is 146 Å². The number of hydrogen-bond acceptors (Lipinski definition) is 3. The van der Waals surface area contributed by atoms with E-state index >= 15 is 0 Å². The topological polar surface area (TPSA) is 63.5 Å². The van der Waals surface area contributed by atoms with Crippen LogP contribution in [0.2, 0.25) is 0 Å². The predicted octanol–water partition coefficient (Wildman–Crippen LogP) is 2.20. The smallest absolute Gasteiger partial charge is 0.191 e. The highest BCUT2D eigenvalue weighted by molar-refractivity contribution is 5.79. The molecule has 1 saturated heterocycles. The number of hydrogen-bond donors (Lipinski definition) is 2. The largest absolute Gasteiger partial charge is 0.377 e. The van der Waals surface area contributed by atoms with Crippen LogP contribution in [-0.2, 0) is 11.3 Å². The summed E-state index contributed by atoms with van der Waals surface area (Å²) in [6.45, 7) is 12.2. The van der Waals surface area contributed by atoms with Crippen LogP contribution in [0.5, 0.6) is 0 Å². The number of aromatic nitrogens is 2. The van der Waals surface area contributed by atoms with Crippen LogP contribution in [0.25, 0.3) is 0 Å². The van der Waals surface area contributed by atoms with Crippen molar-refractivity contribution in [3.63, 3.8) is 0 Å². The fourth-order valence-corrected chi connectivity index (χ4v) is 3.34. The van der Waals surface area contributed by atoms with Crippen molar-refractivity contribution in [2.75, 3.05) is 26.7 Å². The van der Waals surface area contributed by atoms with Crippen LogP contribution in [0, 0.1) is 18.3 Å². The van der Waals surface area contributed by atoms with Crippen molar-refractivity contribution >= 4 is 5.96 Å². The molecule has 2 heterocycles. The lowest BCUT2D eigenvalue weighted by molar-refractivity contribution is -0.0835. The molecule has 136 valence electrons. The highest BCUT2D eigenvalue weighted by atomic mass is 16.5. The monoisotopic (exact) mass is 335 g/mol. The molecule has 1 aromatic heterocycles. The number of rotatable bonds is 5. The maximum Gasteiger partial charge on any atom is 0.191 e. The van der Waals surface area contributed by atoms with Gasteiger partial charge in [0.25, 0.3) is 0 Å². The normalized spacial score (nSPS) is 22.5. The van der Waals surface area contributed by atoms with Gasteiger partial charge < -0.3 is 15.4 Å². The standard InChI is InChI=1S/C18H33N5O/c1-14-11-22-23(13-14)9-8-20-17(19-5)21-12-15-7-6-10-24-16(15)18(2,3)4/h11,13,15-16H,6-10,12H2,1-5H3,(H2,19,20,21). The average Bonchev–Trinajstić information content (AvgIpc) is 2.95. The summed E-state index contributed by atoms with van der Waals surface area (Å²) < 4.78 is 8.00. The molecular weight excluding hydrogens is 302 g/mol. The van der Waals surface area contributed by atoms with Crippen molar-refractivity contribution in [1.82, 2.24) is 20.4 Å². The molecule has 2 unspecified atom stereocenters. The Hall–Kier alpha value is -1.56. The number of ether oxygens (including phenoxy) is 1. The van der Waals surface area contributed by atoms with Gasteiger partial charge in [0.2, 0.25) is 0 Å². The molecule has 24 heavy (non-hydrogen) atoms. The van der Waals surface area contributed by atoms with E-state index in [1.165, 1.54) is 12.0 Å². The van der Waals surface area contributed by atoms with Crippen molar-refractivity contribution in [2.45, 2.75) is 53.2 Å². The van der Waals surface area contributed by atoms with Crippen molar-refractivity contribution in [3.05, 3.63) is 18.0 Å². The molecule has 1 aliphatic heterocycles. The molecular formula is C18H33N5O. The van der Waals surface area contributed by atoms with Gasteiger partial charge in [0, 0.05) is 38.9 Å². The zero-order chi connectivity index (χ0) is 17.6. The fraction of sp³-hybridized carbons (Fsp3) is 0.778. The summed E-state index contributed by atoms with van der Waals surface area (Å²) in [6.07, 6.45) is 6.57. The van der Waals surface area contributed by atoms with Crippen LogP contribution in [0.15, 0.2) is 17.4 Å². The van der Waals surface area contributed by atoms with Crippen LogP contribution in [0.3, 0.4) is 0 Å². The van der Waals surface area contributed by atoms with Gasteiger partial charge in [-0.15, -0.1) is 0 Å². The number of nitrogens with one attached hydrogen (secondary N) is 2. The first-order valence-electron chi connectivity index (χ1n) is 8.95. The van der Waals surface area contributed by atoms with Gasteiger partial charge in [0.1, 0.15) is 0 Å². The van der Waals surface area contributed by atoms with Crippen LogP contribution < -0.4 is 10.6 Å². The molecule has 2 atom stereocenters. The minimum Gasteiger partial charge on any atom is -0.377 e. The van der Waals surface area contributed by atoms with Gasteiger partial charge >= 0.3 is 0 Å². The Balaban J connectivity index is 1.77. The second-order valence-electron chi connectivity index (χ2n) is 7.72. The number of aryl methyl sites for hydroxylation is 1. The van der Waals surface area contributed by atoms with Gasteiger partial charge in [0.05, 0.1) is 18.8 Å². The Morgan fingerprint density at radius 3 is 2.83 bits per heavy atom. The van der Waals surface area contributed by atoms with Gasteiger partial charge in [-0.1, -0.05) is 20.8 Å². The van der Waals surface area contributed by atoms with Crippen LogP contribution in [-0.4, -0.2) is 48.6 Å². The summed E-state index contributed by atoms with van der Waals surface area (Å²) >= 11 is 0. The maximum absolute atomic E-state index is 6.05. The Bertz CT molecular complexity index is 532. The van der Waals surface area contributed by atoms with E-state index in [4.69, 9.17) is 4.74 Å². The zero-order valence-electron chi connectivity index (χ0n) is 15.8. The first-order valence-corrected chi connectivity index (χ1v) is 8.95. The van der Waals surface area contributed by atoms with E-state index in [0.29, 0.717) is 12.0 Å². The maximum atomic E-state index is 6.05. The minimum absolute atomic E-state index is 0.168. The lowest BCUT2D eigenvalue weighted by Crippen LogP contribution is -2.47. The summed E-state index contributed by atoms with van der Waals surface area (Å²) in [6, 6.07) is 0. The van der Waals surface area contributed by atoms with E-state index in [0.717, 1.165) is 38.6 Å². The third kappa shape index (κ3) is 5.51. The predicted molar refractivity (Wildman–Crippen MR) is 98.2 cm³/mol. The van der Waals surface area contributed by atoms with Gasteiger partial charge in [-0.05, 0) is 30.7 Å². The van der Waals surface area contributed by atoms with E-state index in [-0.39, 0.29) is 5.41 Å². The summed E-state index contributed by atoms with van der Waals surface area (Å²) in [7, 11) is 1.81. The van der Waals surface area contributed by atoms with E-state index in [9.17, 15) is 0 Å². The second kappa shape index (κ2) is 8.51. The summed E-state index contributed by atoms with van der Waals surface area (Å²) in [5.74, 6) is 1.36. The highest BCUT2D eigenvalue weighted by Gasteiger charge is 2.35. The summed E-state index contributed by atoms with van der Waals surface area (Å²) in [5, 5.41) is 11.1. The minimum atomic E-state index is 0.168. The molecule has 0 saturated carbocycles. The van der Waals surface area contributed by atoms with Crippen molar-refractivity contribution in [2.24, 2.45) is 16.3 Å². The molecule has 0 bridgehead atoms. The molecule has 1 aliphatic rings. The summed E-state index contributed by atoms with van der Waals surface area (Å²) in [5.41, 5.74) is 1.35. The van der Waals surface area contributed by atoms with Crippen LogP contribution in [0.4, 0.5) is 0 Å². The molecule has 0 amide bonds. The number of aliphatic imine (C=N–C) groups is 1. The molecule has 6 heteroatoms. The van der Waals surface area contributed by atoms with E-state index in [1.54, 1.807) is 0 Å². The third-order valence-corrected chi connectivity index (χ3v) is 4.45. The fourth-order valence-electron chi connectivity index (χ4n) is 3.34. The lowest BCUT2D eigenvalue weighted by atomic mass is 9.78. The van der Waals surface area contributed by atoms with Gasteiger partial charge in [-0.25, -0.2) is 0 Å². The lowest BCUT2D eigenvalue weighted by Gasteiger charge is -2.40. The summed E-state index contributed by atoms with van der Waals surface area (Å²) in [4.78, 5) is 4.32. The van der Waals surface area contributed by atoms with Crippen molar-refractivity contribution in [3.8, 4) is 0 Å². The SMILES string of the molecule is CN=C(NCCn1cc(C)cn1)NCC1CCCOC1C(C)(C)C. The first kappa shape index (κ1) is 18.8. The molecule has 0 radical (unpaired) electrons. The van der Waals surface area contributed by atoms with Gasteiger partial charge in [-0.3, -0.25) is 9.67 Å². The third-order valence-electron chi connectivity index (χ3n) is 4.45. The Morgan fingerprint density at radius 2 is 2.21 bits per heavy atom. The van der Waals surface area contributed by atoms with E-state index < -0.39 is 0 Å². The number of guanidine groups is 1. The quantitative estimate of drug-likeness (QED) is 0.640. The Kier molecular flexibility index (Phi) is 6.66. The Morgan fingerprint density at radius 1 is 1.42 bits per heavy atom. The molecule has 2 rings (SSSR count). The first-order chi connectivity index (χ1) is 11.4.